The van der Waals surface area contributed by atoms with Gasteiger partial charge in [0.1, 0.15) is 11.4 Å². The van der Waals surface area contributed by atoms with Gasteiger partial charge in [-0.3, -0.25) is 4.79 Å². The molecule has 2 N–H and O–H groups in total. The molecule has 1 aliphatic heterocycles. The fourth-order valence-corrected chi connectivity index (χ4v) is 3.09. The number of ether oxygens (including phenoxy) is 1. The number of alkyl halides is 3. The van der Waals surface area contributed by atoms with E-state index < -0.39 is 17.3 Å². The SMILES string of the molecule is CC1(Nc2nc(Nc3cnn(CC4CCCO4)c(=O)c3)ncc2C(F)(F)F)CC1. The largest absolute Gasteiger partial charge is 0.421 e. The minimum atomic E-state index is -4.57. The Morgan fingerprint density at radius 1 is 1.34 bits per heavy atom. The molecule has 2 aromatic rings. The second-order valence-corrected chi connectivity index (χ2v) is 7.66. The molecule has 11 heteroatoms. The summed E-state index contributed by atoms with van der Waals surface area (Å²) >= 11 is 0. The van der Waals surface area contributed by atoms with Crippen molar-refractivity contribution in [2.24, 2.45) is 0 Å². The zero-order chi connectivity index (χ0) is 20.6. The van der Waals surface area contributed by atoms with E-state index in [1.165, 1.54) is 16.9 Å². The molecule has 1 saturated carbocycles. The Morgan fingerprint density at radius 3 is 2.76 bits per heavy atom. The summed E-state index contributed by atoms with van der Waals surface area (Å²) in [5.74, 6) is -0.336. The van der Waals surface area contributed by atoms with Gasteiger partial charge in [-0.15, -0.1) is 0 Å². The summed E-state index contributed by atoms with van der Waals surface area (Å²) in [5, 5.41) is 9.70. The van der Waals surface area contributed by atoms with E-state index in [-0.39, 0.29) is 23.4 Å². The number of nitrogens with zero attached hydrogens (tertiary/aromatic N) is 4. The molecule has 0 bridgehead atoms. The maximum Gasteiger partial charge on any atom is 0.421 e. The average molecular weight is 410 g/mol. The Balaban J connectivity index is 1.53. The molecule has 0 radical (unpaired) electrons. The maximum atomic E-state index is 13.3. The van der Waals surface area contributed by atoms with Crippen LogP contribution in [0.25, 0.3) is 0 Å². The Bertz CT molecular complexity index is 951. The first-order chi connectivity index (χ1) is 13.7. The molecule has 2 fully saturated rings. The van der Waals surface area contributed by atoms with E-state index in [1.54, 1.807) is 0 Å². The molecular formula is C18H21F3N6O2. The van der Waals surface area contributed by atoms with Crippen molar-refractivity contribution >= 4 is 17.5 Å². The van der Waals surface area contributed by atoms with Gasteiger partial charge in [-0.25, -0.2) is 9.67 Å². The number of hydrogen-bond acceptors (Lipinski definition) is 7. The third kappa shape index (κ3) is 4.66. The lowest BCUT2D eigenvalue weighted by atomic mass is 10.2. The minimum absolute atomic E-state index is 0.0327. The zero-order valence-corrected chi connectivity index (χ0v) is 15.8. The van der Waals surface area contributed by atoms with Crippen LogP contribution in [-0.2, 0) is 17.5 Å². The molecule has 1 saturated heterocycles. The normalized spacial score (nSPS) is 20.5. The van der Waals surface area contributed by atoms with Crippen molar-refractivity contribution in [3.63, 3.8) is 0 Å². The second-order valence-electron chi connectivity index (χ2n) is 7.66. The van der Waals surface area contributed by atoms with Crippen LogP contribution >= 0.6 is 0 Å². The lowest BCUT2D eigenvalue weighted by Crippen LogP contribution is -2.28. The van der Waals surface area contributed by atoms with Gasteiger partial charge in [-0.1, -0.05) is 0 Å². The van der Waals surface area contributed by atoms with Crippen LogP contribution in [0.1, 0.15) is 38.2 Å². The van der Waals surface area contributed by atoms with Crippen molar-refractivity contribution in [1.29, 1.82) is 0 Å². The van der Waals surface area contributed by atoms with Gasteiger partial charge in [0.05, 0.1) is 24.5 Å². The predicted octanol–water partition coefficient (Wildman–Crippen LogP) is 2.94. The van der Waals surface area contributed by atoms with Gasteiger partial charge < -0.3 is 15.4 Å². The number of nitrogens with one attached hydrogen (secondary N) is 2. The third-order valence-electron chi connectivity index (χ3n) is 5.04. The van der Waals surface area contributed by atoms with Crippen molar-refractivity contribution in [3.8, 4) is 0 Å². The highest BCUT2D eigenvalue weighted by atomic mass is 19.4. The van der Waals surface area contributed by atoms with Crippen LogP contribution < -0.4 is 16.2 Å². The quantitative estimate of drug-likeness (QED) is 0.756. The first kappa shape index (κ1) is 19.6. The lowest BCUT2D eigenvalue weighted by Gasteiger charge is -2.18. The van der Waals surface area contributed by atoms with Crippen LogP contribution in [0.3, 0.4) is 0 Å². The second kappa shape index (κ2) is 7.29. The zero-order valence-electron chi connectivity index (χ0n) is 15.8. The average Bonchev–Trinajstić information content (AvgIpc) is 3.14. The number of hydrogen-bond donors (Lipinski definition) is 2. The topological polar surface area (TPSA) is 94.0 Å². The van der Waals surface area contributed by atoms with Gasteiger partial charge in [0.25, 0.3) is 5.56 Å². The summed E-state index contributed by atoms with van der Waals surface area (Å²) < 4.78 is 46.6. The van der Waals surface area contributed by atoms with E-state index in [4.69, 9.17) is 4.74 Å². The van der Waals surface area contributed by atoms with Gasteiger partial charge >= 0.3 is 6.18 Å². The summed E-state index contributed by atoms with van der Waals surface area (Å²) in [7, 11) is 0. The molecular weight excluding hydrogens is 389 g/mol. The molecule has 4 rings (SSSR count). The predicted molar refractivity (Wildman–Crippen MR) is 99.0 cm³/mol. The molecule has 0 amide bonds. The van der Waals surface area contributed by atoms with Gasteiger partial charge in [0.2, 0.25) is 5.95 Å². The Labute approximate surface area is 164 Å². The molecule has 1 unspecified atom stereocenters. The van der Waals surface area contributed by atoms with Crippen molar-refractivity contribution in [1.82, 2.24) is 19.7 Å². The monoisotopic (exact) mass is 410 g/mol. The van der Waals surface area contributed by atoms with Crippen LogP contribution in [0.4, 0.5) is 30.6 Å². The smallest absolute Gasteiger partial charge is 0.376 e. The number of aromatic nitrogens is 4. The van der Waals surface area contributed by atoms with Gasteiger partial charge in [0, 0.05) is 24.4 Å². The first-order valence-corrected chi connectivity index (χ1v) is 9.40. The van der Waals surface area contributed by atoms with Crippen LogP contribution in [0.5, 0.6) is 0 Å². The summed E-state index contributed by atoms with van der Waals surface area (Å²) in [6.07, 6.45) is 0.906. The molecule has 2 aliphatic rings. The van der Waals surface area contributed by atoms with Crippen LogP contribution in [0.15, 0.2) is 23.3 Å². The molecule has 0 spiro atoms. The van der Waals surface area contributed by atoms with E-state index in [1.807, 2.05) is 6.92 Å². The highest BCUT2D eigenvalue weighted by molar-refractivity contribution is 5.56. The summed E-state index contributed by atoms with van der Waals surface area (Å²) in [6.45, 7) is 2.88. The molecule has 8 nitrogen and oxygen atoms in total. The lowest BCUT2D eigenvalue weighted by molar-refractivity contribution is -0.137. The van der Waals surface area contributed by atoms with E-state index in [0.29, 0.717) is 18.8 Å². The van der Waals surface area contributed by atoms with Crippen molar-refractivity contribution in [2.45, 2.75) is 57.0 Å². The highest BCUT2D eigenvalue weighted by Gasteiger charge is 2.42. The fourth-order valence-electron chi connectivity index (χ4n) is 3.09. The summed E-state index contributed by atoms with van der Waals surface area (Å²) in [4.78, 5) is 20.0. The highest BCUT2D eigenvalue weighted by Crippen LogP contribution is 2.41. The van der Waals surface area contributed by atoms with Gasteiger partial charge in [0.15, 0.2) is 0 Å². The number of rotatable bonds is 6. The molecule has 3 heterocycles. The van der Waals surface area contributed by atoms with Crippen molar-refractivity contribution < 1.29 is 17.9 Å². The van der Waals surface area contributed by atoms with Crippen LogP contribution in [0.2, 0.25) is 0 Å². The van der Waals surface area contributed by atoms with Crippen LogP contribution in [-0.4, -0.2) is 38.0 Å². The number of anilines is 3. The summed E-state index contributed by atoms with van der Waals surface area (Å²) in [6, 6.07) is 1.30. The molecule has 0 aromatic carbocycles. The van der Waals surface area contributed by atoms with Gasteiger partial charge in [-0.2, -0.15) is 23.3 Å². The first-order valence-electron chi connectivity index (χ1n) is 9.40. The minimum Gasteiger partial charge on any atom is -0.376 e. The molecule has 2 aromatic heterocycles. The van der Waals surface area contributed by atoms with E-state index in [2.05, 4.69) is 25.7 Å². The van der Waals surface area contributed by atoms with Crippen molar-refractivity contribution in [2.75, 3.05) is 17.2 Å². The summed E-state index contributed by atoms with van der Waals surface area (Å²) in [5.41, 5.74) is -1.37. The Hall–Kier alpha value is -2.69. The molecule has 29 heavy (non-hydrogen) atoms. The van der Waals surface area contributed by atoms with Crippen LogP contribution in [0, 0.1) is 0 Å². The number of halogens is 3. The molecule has 1 aliphatic carbocycles. The van der Waals surface area contributed by atoms with E-state index in [9.17, 15) is 18.0 Å². The van der Waals surface area contributed by atoms with Crippen molar-refractivity contribution in [3.05, 3.63) is 34.4 Å². The third-order valence-corrected chi connectivity index (χ3v) is 5.04. The maximum absolute atomic E-state index is 13.3. The fraction of sp³-hybridized carbons (Fsp3) is 0.556. The van der Waals surface area contributed by atoms with E-state index in [0.717, 1.165) is 31.9 Å². The standard InChI is InChI=1S/C18H21F3N6O2/c1-17(4-5-17)26-15-13(18(19,20)21)9-22-16(25-15)24-11-7-14(28)27(23-8-11)10-12-3-2-6-29-12/h7-9,12H,2-6,10H2,1H3,(H2,22,24,25,26). The molecule has 156 valence electrons. The van der Waals surface area contributed by atoms with E-state index >= 15 is 0 Å². The van der Waals surface area contributed by atoms with Gasteiger partial charge in [-0.05, 0) is 32.6 Å². The Kier molecular flexibility index (Phi) is 4.93. The Morgan fingerprint density at radius 2 is 2.14 bits per heavy atom. The molecule has 1 atom stereocenters.